The predicted molar refractivity (Wildman–Crippen MR) is 72.0 cm³/mol. The second-order valence-electron chi connectivity index (χ2n) is 4.33. The number of hydrogen-bond donors (Lipinski definition) is 1. The third-order valence-electron chi connectivity index (χ3n) is 2.58. The highest BCUT2D eigenvalue weighted by molar-refractivity contribution is 5.98. The molecular formula is C14H14N2O3. The van der Waals surface area contributed by atoms with Crippen molar-refractivity contribution in [1.29, 1.82) is 0 Å². The Kier molecular flexibility index (Phi) is 3.46. The highest BCUT2D eigenvalue weighted by Gasteiger charge is 2.15. The summed E-state index contributed by atoms with van der Waals surface area (Å²) in [6.07, 6.45) is 1.68. The normalized spacial score (nSPS) is 10.3. The molecule has 2 aromatic heterocycles. The van der Waals surface area contributed by atoms with Crippen molar-refractivity contribution in [3.8, 4) is 0 Å². The molecule has 2 rings (SSSR count). The zero-order chi connectivity index (χ0) is 14.0. The predicted octanol–water partition coefficient (Wildman–Crippen LogP) is 2.60. The van der Waals surface area contributed by atoms with E-state index in [0.29, 0.717) is 11.6 Å². The smallest absolute Gasteiger partial charge is 0.213 e. The fourth-order valence-corrected chi connectivity index (χ4v) is 1.69. The Morgan fingerprint density at radius 2 is 2.05 bits per heavy atom. The van der Waals surface area contributed by atoms with Crippen molar-refractivity contribution in [2.45, 2.75) is 20.8 Å². The summed E-state index contributed by atoms with van der Waals surface area (Å²) in [6.45, 7) is 4.90. The summed E-state index contributed by atoms with van der Waals surface area (Å²) in [4.78, 5) is 27.5. The molecule has 0 bridgehead atoms. The standard InChI is InChI=1S/C14H14N2O3/c1-8-4-5-12(15-7-8)16-14-13(10(3)17)11(18)6-9(2)19-14/h4-7H,1-3H3,(H,15,16). The Morgan fingerprint density at radius 3 is 2.63 bits per heavy atom. The van der Waals surface area contributed by atoms with Gasteiger partial charge in [0.15, 0.2) is 11.2 Å². The number of nitrogens with zero attached hydrogens (tertiary/aromatic N) is 1. The molecule has 0 saturated heterocycles. The third kappa shape index (κ3) is 2.88. The molecule has 0 spiro atoms. The second kappa shape index (κ2) is 5.06. The average molecular weight is 258 g/mol. The summed E-state index contributed by atoms with van der Waals surface area (Å²) in [5, 5.41) is 2.86. The van der Waals surface area contributed by atoms with Crippen LogP contribution in [-0.2, 0) is 0 Å². The number of carbonyl (C=O) groups is 1. The molecule has 0 aliphatic carbocycles. The maximum Gasteiger partial charge on any atom is 0.213 e. The van der Waals surface area contributed by atoms with E-state index in [-0.39, 0.29) is 22.7 Å². The van der Waals surface area contributed by atoms with E-state index < -0.39 is 0 Å². The summed E-state index contributed by atoms with van der Waals surface area (Å²) in [5.41, 5.74) is 0.668. The number of hydrogen-bond acceptors (Lipinski definition) is 5. The third-order valence-corrected chi connectivity index (χ3v) is 2.58. The molecular weight excluding hydrogens is 244 g/mol. The van der Waals surface area contributed by atoms with E-state index in [9.17, 15) is 9.59 Å². The van der Waals surface area contributed by atoms with Gasteiger partial charge in [0.2, 0.25) is 5.88 Å². The number of pyridine rings is 1. The first-order valence-corrected chi connectivity index (χ1v) is 5.83. The van der Waals surface area contributed by atoms with Crippen LogP contribution in [0.25, 0.3) is 0 Å². The van der Waals surface area contributed by atoms with E-state index in [0.717, 1.165) is 5.56 Å². The average Bonchev–Trinajstić information content (AvgIpc) is 2.30. The van der Waals surface area contributed by atoms with E-state index >= 15 is 0 Å². The van der Waals surface area contributed by atoms with Gasteiger partial charge in [-0.05, 0) is 32.4 Å². The molecule has 0 radical (unpaired) electrons. The summed E-state index contributed by atoms with van der Waals surface area (Å²) in [5.74, 6) is 0.740. The van der Waals surface area contributed by atoms with Gasteiger partial charge in [-0.25, -0.2) is 4.98 Å². The van der Waals surface area contributed by atoms with Gasteiger partial charge in [-0.1, -0.05) is 6.07 Å². The van der Waals surface area contributed by atoms with Crippen LogP contribution in [0.3, 0.4) is 0 Å². The molecule has 19 heavy (non-hydrogen) atoms. The van der Waals surface area contributed by atoms with Crippen LogP contribution in [0.4, 0.5) is 11.7 Å². The number of aromatic nitrogens is 1. The number of carbonyl (C=O) groups excluding carboxylic acids is 1. The van der Waals surface area contributed by atoms with Crippen LogP contribution in [-0.4, -0.2) is 10.8 Å². The molecule has 0 amide bonds. The largest absolute Gasteiger partial charge is 0.445 e. The van der Waals surface area contributed by atoms with Gasteiger partial charge in [0, 0.05) is 12.3 Å². The van der Waals surface area contributed by atoms with Gasteiger partial charge in [0.05, 0.1) is 0 Å². The lowest BCUT2D eigenvalue weighted by Crippen LogP contribution is -2.15. The maximum absolute atomic E-state index is 11.8. The minimum atomic E-state index is -0.356. The Bertz CT molecular complexity index is 672. The molecule has 1 N–H and O–H groups in total. The first kappa shape index (κ1) is 13.0. The Labute approximate surface area is 110 Å². The summed E-state index contributed by atoms with van der Waals surface area (Å²) in [6, 6.07) is 4.92. The van der Waals surface area contributed by atoms with Crippen molar-refractivity contribution in [2.24, 2.45) is 0 Å². The number of Topliss-reactive ketones (excluding diaryl/α,β-unsaturated/α-hetero) is 1. The van der Waals surface area contributed by atoms with Gasteiger partial charge < -0.3 is 9.73 Å². The highest BCUT2D eigenvalue weighted by atomic mass is 16.4. The molecule has 0 fully saturated rings. The van der Waals surface area contributed by atoms with Gasteiger partial charge in [-0.15, -0.1) is 0 Å². The molecule has 0 aliphatic heterocycles. The lowest BCUT2D eigenvalue weighted by molar-refractivity contribution is 0.101. The van der Waals surface area contributed by atoms with Crippen molar-refractivity contribution in [3.63, 3.8) is 0 Å². The Morgan fingerprint density at radius 1 is 1.32 bits per heavy atom. The van der Waals surface area contributed by atoms with Crippen LogP contribution in [0.15, 0.2) is 33.6 Å². The Hall–Kier alpha value is -2.43. The fraction of sp³-hybridized carbons (Fsp3) is 0.214. The minimum absolute atomic E-state index is 0.00738. The van der Waals surface area contributed by atoms with E-state index in [2.05, 4.69) is 10.3 Å². The van der Waals surface area contributed by atoms with E-state index in [4.69, 9.17) is 4.42 Å². The maximum atomic E-state index is 11.8. The van der Waals surface area contributed by atoms with Crippen molar-refractivity contribution < 1.29 is 9.21 Å². The van der Waals surface area contributed by atoms with Gasteiger partial charge in [0.1, 0.15) is 17.1 Å². The summed E-state index contributed by atoms with van der Waals surface area (Å²) in [7, 11) is 0. The number of rotatable bonds is 3. The van der Waals surface area contributed by atoms with Crippen molar-refractivity contribution >= 4 is 17.5 Å². The molecule has 2 aromatic rings. The van der Waals surface area contributed by atoms with Gasteiger partial charge in [0.25, 0.3) is 0 Å². The molecule has 5 heteroatoms. The lowest BCUT2D eigenvalue weighted by Gasteiger charge is -2.08. The van der Waals surface area contributed by atoms with Crippen LogP contribution in [0.2, 0.25) is 0 Å². The first-order valence-electron chi connectivity index (χ1n) is 5.83. The van der Waals surface area contributed by atoms with Crippen LogP contribution >= 0.6 is 0 Å². The van der Waals surface area contributed by atoms with Crippen LogP contribution in [0.5, 0.6) is 0 Å². The zero-order valence-corrected chi connectivity index (χ0v) is 11.0. The highest BCUT2D eigenvalue weighted by Crippen LogP contribution is 2.19. The first-order chi connectivity index (χ1) is 8.97. The van der Waals surface area contributed by atoms with Crippen molar-refractivity contribution in [1.82, 2.24) is 4.98 Å². The Balaban J connectivity index is 2.47. The number of aryl methyl sites for hydroxylation is 2. The van der Waals surface area contributed by atoms with E-state index in [1.54, 1.807) is 19.2 Å². The zero-order valence-electron chi connectivity index (χ0n) is 11.0. The van der Waals surface area contributed by atoms with Gasteiger partial charge >= 0.3 is 0 Å². The topological polar surface area (TPSA) is 72.2 Å². The van der Waals surface area contributed by atoms with Crippen LogP contribution in [0, 0.1) is 13.8 Å². The molecule has 5 nitrogen and oxygen atoms in total. The molecule has 0 saturated carbocycles. The number of nitrogens with one attached hydrogen (secondary N) is 1. The summed E-state index contributed by atoms with van der Waals surface area (Å²) >= 11 is 0. The van der Waals surface area contributed by atoms with E-state index in [1.807, 2.05) is 13.0 Å². The number of anilines is 2. The minimum Gasteiger partial charge on any atom is -0.445 e. The van der Waals surface area contributed by atoms with Crippen molar-refractivity contribution in [2.75, 3.05) is 5.32 Å². The van der Waals surface area contributed by atoms with E-state index in [1.165, 1.54) is 13.0 Å². The van der Waals surface area contributed by atoms with Crippen LogP contribution < -0.4 is 10.7 Å². The molecule has 2 heterocycles. The monoisotopic (exact) mass is 258 g/mol. The SMILES string of the molecule is CC(=O)c1c(Nc2ccc(C)cn2)oc(C)cc1=O. The van der Waals surface area contributed by atoms with Gasteiger partial charge in [-0.3, -0.25) is 9.59 Å². The summed E-state index contributed by atoms with van der Waals surface area (Å²) < 4.78 is 5.41. The lowest BCUT2D eigenvalue weighted by atomic mass is 10.2. The molecule has 0 atom stereocenters. The fourth-order valence-electron chi connectivity index (χ4n) is 1.69. The second-order valence-corrected chi connectivity index (χ2v) is 4.33. The molecule has 0 unspecified atom stereocenters. The van der Waals surface area contributed by atoms with Gasteiger partial charge in [-0.2, -0.15) is 0 Å². The van der Waals surface area contributed by atoms with Crippen molar-refractivity contribution in [3.05, 3.63) is 51.5 Å². The molecule has 98 valence electrons. The molecule has 0 aliphatic rings. The molecule has 0 aromatic carbocycles. The number of ketones is 1. The van der Waals surface area contributed by atoms with Crippen LogP contribution in [0.1, 0.15) is 28.6 Å². The quantitative estimate of drug-likeness (QED) is 0.857.